The first-order chi connectivity index (χ1) is 7.39. The zero-order valence-corrected chi connectivity index (χ0v) is 9.88. The summed E-state index contributed by atoms with van der Waals surface area (Å²) in [4.78, 5) is 13.5. The number of thiophene rings is 1. The van der Waals surface area contributed by atoms with Gasteiger partial charge in [0.2, 0.25) is 0 Å². The van der Waals surface area contributed by atoms with Crippen LogP contribution < -0.4 is 16.4 Å². The van der Waals surface area contributed by atoms with Crippen molar-refractivity contribution in [3.63, 3.8) is 0 Å². The van der Waals surface area contributed by atoms with Gasteiger partial charge >= 0.3 is 0 Å². The Morgan fingerprint density at radius 3 is 2.81 bits per heavy atom. The number of carbonyl (C=O) groups is 1. The van der Waals surface area contributed by atoms with Gasteiger partial charge in [0.1, 0.15) is 4.88 Å². The molecule has 1 aromatic heterocycles. The molecule has 0 bridgehead atoms. The molecule has 88 valence electrons. The van der Waals surface area contributed by atoms with Crippen molar-refractivity contribution in [3.8, 4) is 0 Å². The number of aliphatic hydroxyl groups is 1. The highest BCUT2D eigenvalue weighted by Gasteiger charge is 2.32. The first-order valence-corrected chi connectivity index (χ1v) is 5.87. The minimum absolute atomic E-state index is 0.390. The highest BCUT2D eigenvalue weighted by molar-refractivity contribution is 7.18. The summed E-state index contributed by atoms with van der Waals surface area (Å²) in [5, 5.41) is 10.7. The number of hydrogen-bond acceptors (Lipinski definition) is 5. The molecule has 0 aromatic carbocycles. The first-order valence-electron chi connectivity index (χ1n) is 5.05. The monoisotopic (exact) mass is 241 g/mol. The molecule has 5 nitrogen and oxygen atoms in total. The fraction of sp³-hybridized carbons (Fsp3) is 0.500. The second-order valence-corrected chi connectivity index (χ2v) is 5.43. The Labute approximate surface area is 97.7 Å². The van der Waals surface area contributed by atoms with Crippen LogP contribution in [0.1, 0.15) is 23.0 Å². The smallest absolute Gasteiger partial charge is 0.260 e. The van der Waals surface area contributed by atoms with Crippen molar-refractivity contribution in [2.24, 2.45) is 5.73 Å². The number of β-amino-alcohol motifs (C(OH)–C–C–N with tert-alkyl or cyclic N) is 1. The van der Waals surface area contributed by atoms with Gasteiger partial charge < -0.3 is 21.5 Å². The molecular weight excluding hydrogens is 226 g/mol. The Morgan fingerprint density at radius 2 is 2.38 bits per heavy atom. The van der Waals surface area contributed by atoms with Crippen LogP contribution in [0.3, 0.4) is 0 Å². The molecule has 16 heavy (non-hydrogen) atoms. The summed E-state index contributed by atoms with van der Waals surface area (Å²) >= 11 is 1.28. The molecule has 1 atom stereocenters. The average molecular weight is 241 g/mol. The second-order valence-electron chi connectivity index (χ2n) is 4.40. The van der Waals surface area contributed by atoms with Crippen molar-refractivity contribution in [1.82, 2.24) is 0 Å². The molecule has 0 saturated carbocycles. The number of nitrogen functional groups attached to an aromatic ring is 1. The van der Waals surface area contributed by atoms with Gasteiger partial charge in [0.15, 0.2) is 0 Å². The molecule has 0 radical (unpaired) electrons. The lowest BCUT2D eigenvalue weighted by atomic mass is 10.1. The highest BCUT2D eigenvalue weighted by Crippen LogP contribution is 2.35. The lowest BCUT2D eigenvalue weighted by molar-refractivity contribution is 0.0839. The molecule has 1 amide bonds. The zero-order valence-electron chi connectivity index (χ0n) is 9.06. The third kappa shape index (κ3) is 1.98. The van der Waals surface area contributed by atoms with Crippen molar-refractivity contribution in [2.75, 3.05) is 23.7 Å². The molecule has 1 aromatic rings. The van der Waals surface area contributed by atoms with Gasteiger partial charge in [-0.2, -0.15) is 0 Å². The summed E-state index contributed by atoms with van der Waals surface area (Å²) in [5.41, 5.74) is 10.7. The third-order valence-corrected chi connectivity index (χ3v) is 3.96. The van der Waals surface area contributed by atoms with Gasteiger partial charge in [0.05, 0.1) is 16.3 Å². The summed E-state index contributed by atoms with van der Waals surface area (Å²) in [6, 6.07) is 1.74. The number of nitrogens with zero attached hydrogens (tertiary/aromatic N) is 1. The van der Waals surface area contributed by atoms with Crippen LogP contribution in [0.5, 0.6) is 0 Å². The van der Waals surface area contributed by atoms with E-state index in [0.717, 1.165) is 18.0 Å². The molecular formula is C10H15N3O2S. The highest BCUT2D eigenvalue weighted by atomic mass is 32.1. The fourth-order valence-corrected chi connectivity index (χ4v) is 2.83. The Balaban J connectivity index is 2.23. The van der Waals surface area contributed by atoms with Crippen LogP contribution in [0.4, 0.5) is 10.7 Å². The quantitative estimate of drug-likeness (QED) is 0.698. The molecule has 2 rings (SSSR count). The molecule has 1 unspecified atom stereocenters. The molecule has 0 aliphatic carbocycles. The maximum atomic E-state index is 11.1. The number of nitrogens with two attached hydrogens (primary N) is 2. The number of carbonyl (C=O) groups excluding carboxylic acids is 1. The van der Waals surface area contributed by atoms with E-state index in [9.17, 15) is 9.90 Å². The van der Waals surface area contributed by atoms with E-state index < -0.39 is 11.5 Å². The van der Waals surface area contributed by atoms with Gasteiger partial charge in [0.25, 0.3) is 5.91 Å². The molecule has 5 N–H and O–H groups in total. The normalized spacial score (nSPS) is 25.0. The summed E-state index contributed by atoms with van der Waals surface area (Å²) in [6.07, 6.45) is 0.719. The van der Waals surface area contributed by atoms with Gasteiger partial charge in [0, 0.05) is 13.1 Å². The summed E-state index contributed by atoms with van der Waals surface area (Å²) in [7, 11) is 0. The third-order valence-electron chi connectivity index (χ3n) is 2.74. The fourth-order valence-electron chi connectivity index (χ4n) is 1.87. The maximum absolute atomic E-state index is 11.1. The topological polar surface area (TPSA) is 92.6 Å². The van der Waals surface area contributed by atoms with E-state index >= 15 is 0 Å². The molecule has 1 aliphatic rings. The molecule has 0 spiro atoms. The molecule has 6 heteroatoms. The first kappa shape index (κ1) is 11.2. The number of rotatable bonds is 2. The predicted molar refractivity (Wildman–Crippen MR) is 64.7 cm³/mol. The van der Waals surface area contributed by atoms with Crippen molar-refractivity contribution in [2.45, 2.75) is 18.9 Å². The van der Waals surface area contributed by atoms with Gasteiger partial charge in [-0.25, -0.2) is 0 Å². The number of hydrogen-bond donors (Lipinski definition) is 3. The predicted octanol–water partition coefficient (Wildman–Crippen LogP) is 0.390. The van der Waals surface area contributed by atoms with E-state index in [2.05, 4.69) is 0 Å². The maximum Gasteiger partial charge on any atom is 0.260 e. The molecule has 1 saturated heterocycles. The summed E-state index contributed by atoms with van der Waals surface area (Å²) in [5.74, 6) is -0.500. The lowest BCUT2D eigenvalue weighted by Crippen LogP contribution is -2.29. The molecule has 1 fully saturated rings. The van der Waals surface area contributed by atoms with Crippen molar-refractivity contribution in [3.05, 3.63) is 10.9 Å². The molecule has 1 aliphatic heterocycles. The second kappa shape index (κ2) is 3.64. The average Bonchev–Trinajstić information content (AvgIpc) is 2.69. The van der Waals surface area contributed by atoms with E-state index in [-0.39, 0.29) is 0 Å². The van der Waals surface area contributed by atoms with E-state index in [4.69, 9.17) is 11.5 Å². The van der Waals surface area contributed by atoms with Gasteiger partial charge in [-0.3, -0.25) is 4.79 Å². The van der Waals surface area contributed by atoms with Crippen LogP contribution in [0.2, 0.25) is 0 Å². The van der Waals surface area contributed by atoms with Crippen LogP contribution in [0.25, 0.3) is 0 Å². The lowest BCUT2D eigenvalue weighted by Gasteiger charge is -2.18. The van der Waals surface area contributed by atoms with Crippen molar-refractivity contribution in [1.29, 1.82) is 0 Å². The van der Waals surface area contributed by atoms with Crippen molar-refractivity contribution >= 4 is 27.9 Å². The minimum Gasteiger partial charge on any atom is -0.397 e. The number of anilines is 2. The number of amides is 1. The largest absolute Gasteiger partial charge is 0.397 e. The van der Waals surface area contributed by atoms with E-state index in [1.807, 2.05) is 4.90 Å². The van der Waals surface area contributed by atoms with Gasteiger partial charge in [-0.1, -0.05) is 0 Å². The van der Waals surface area contributed by atoms with Crippen LogP contribution in [-0.4, -0.2) is 29.7 Å². The zero-order chi connectivity index (χ0) is 11.9. The minimum atomic E-state index is -0.661. The standard InChI is InChI=1S/C10H15N3O2S/c1-10(15)2-3-13(5-10)7-4-6(11)8(16-7)9(12)14/h4,15H,2-3,5,11H2,1H3,(H2,12,14). The summed E-state index contributed by atoms with van der Waals surface area (Å²) in [6.45, 7) is 3.13. The Kier molecular flexibility index (Phi) is 2.55. The van der Waals surface area contributed by atoms with E-state index in [1.165, 1.54) is 11.3 Å². The summed E-state index contributed by atoms with van der Waals surface area (Å²) < 4.78 is 0. The van der Waals surface area contributed by atoms with Gasteiger partial charge in [-0.05, 0) is 19.4 Å². The van der Waals surface area contributed by atoms with E-state index in [0.29, 0.717) is 17.1 Å². The van der Waals surface area contributed by atoms with Crippen LogP contribution >= 0.6 is 11.3 Å². The van der Waals surface area contributed by atoms with Crippen LogP contribution in [0, 0.1) is 0 Å². The van der Waals surface area contributed by atoms with Crippen LogP contribution in [-0.2, 0) is 0 Å². The Morgan fingerprint density at radius 1 is 1.69 bits per heavy atom. The SMILES string of the molecule is CC1(O)CCN(c2cc(N)c(C(N)=O)s2)C1. The Hall–Kier alpha value is -1.27. The van der Waals surface area contributed by atoms with E-state index in [1.54, 1.807) is 13.0 Å². The molecule has 2 heterocycles. The Bertz CT molecular complexity index is 428. The van der Waals surface area contributed by atoms with Crippen molar-refractivity contribution < 1.29 is 9.90 Å². The van der Waals surface area contributed by atoms with Gasteiger partial charge in [-0.15, -0.1) is 11.3 Å². The number of primary amides is 1. The van der Waals surface area contributed by atoms with Crippen LogP contribution in [0.15, 0.2) is 6.07 Å².